The van der Waals surface area contributed by atoms with Gasteiger partial charge in [-0.15, -0.1) is 10.2 Å². The normalized spacial score (nSPS) is 10.8. The van der Waals surface area contributed by atoms with Crippen molar-refractivity contribution in [1.82, 2.24) is 20.2 Å². The van der Waals surface area contributed by atoms with Gasteiger partial charge in [0.2, 0.25) is 5.89 Å². The Balaban J connectivity index is 2.05. The molecule has 0 amide bonds. The lowest BCUT2D eigenvalue weighted by molar-refractivity contribution is 0.0697. The molecule has 3 rings (SSSR count). The minimum Gasteiger partial charge on any atom is -0.478 e. The second-order valence-corrected chi connectivity index (χ2v) is 4.85. The highest BCUT2D eigenvalue weighted by molar-refractivity contribution is 7.99. The van der Waals surface area contributed by atoms with Gasteiger partial charge < -0.3 is 9.52 Å². The van der Waals surface area contributed by atoms with Crippen LogP contribution in [0.2, 0.25) is 0 Å². The number of hydrogen-bond acceptors (Lipinski definition) is 7. The molecule has 0 radical (unpaired) electrons. The molecule has 0 aliphatic heterocycles. The highest BCUT2D eigenvalue weighted by Gasteiger charge is 2.12. The van der Waals surface area contributed by atoms with Gasteiger partial charge in [-0.25, -0.2) is 14.8 Å². The molecule has 0 unspecified atom stereocenters. The van der Waals surface area contributed by atoms with E-state index >= 15 is 0 Å². The van der Waals surface area contributed by atoms with Gasteiger partial charge in [-0.05, 0) is 30.0 Å². The van der Waals surface area contributed by atoms with Crippen molar-refractivity contribution in [1.29, 1.82) is 0 Å². The second-order valence-electron chi connectivity index (χ2n) is 3.90. The van der Waals surface area contributed by atoms with E-state index in [1.807, 2.05) is 0 Å². The number of carboxylic acids is 1. The van der Waals surface area contributed by atoms with Gasteiger partial charge in [0.15, 0.2) is 0 Å². The Hall–Kier alpha value is -2.48. The molecular weight excluding hydrogens is 280 g/mol. The molecule has 0 atom stereocenters. The third-order valence-electron chi connectivity index (χ3n) is 2.54. The van der Waals surface area contributed by atoms with E-state index in [0.29, 0.717) is 21.7 Å². The van der Waals surface area contributed by atoms with Crippen molar-refractivity contribution in [3.8, 4) is 0 Å². The number of hydrogen-bond donors (Lipinski definition) is 1. The lowest BCUT2D eigenvalue weighted by Gasteiger charge is -2.02. The van der Waals surface area contributed by atoms with Gasteiger partial charge in [-0.3, -0.25) is 0 Å². The number of carboxylic acid groups (broad SMARTS) is 1. The zero-order chi connectivity index (χ0) is 14.1. The van der Waals surface area contributed by atoms with Crippen LogP contribution in [0, 0.1) is 6.92 Å². The molecule has 0 aliphatic carbocycles. The molecule has 3 aromatic rings. The summed E-state index contributed by atoms with van der Waals surface area (Å²) in [6, 6.07) is 4.68. The molecule has 8 heteroatoms. The van der Waals surface area contributed by atoms with E-state index in [9.17, 15) is 4.79 Å². The fourth-order valence-electron chi connectivity index (χ4n) is 1.65. The van der Waals surface area contributed by atoms with E-state index in [-0.39, 0.29) is 5.56 Å². The number of carbonyl (C=O) groups is 1. The number of nitrogens with zero attached hydrogens (tertiary/aromatic N) is 4. The highest BCUT2D eigenvalue weighted by atomic mass is 32.2. The zero-order valence-corrected chi connectivity index (χ0v) is 11.1. The van der Waals surface area contributed by atoms with Crippen LogP contribution < -0.4 is 0 Å². The predicted octanol–water partition coefficient (Wildman–Crippen LogP) is 2.17. The topological polar surface area (TPSA) is 102 Å². The number of aryl methyl sites for hydroxylation is 1. The maximum absolute atomic E-state index is 10.9. The van der Waals surface area contributed by atoms with E-state index in [1.165, 1.54) is 30.2 Å². The summed E-state index contributed by atoms with van der Waals surface area (Å²) in [6.45, 7) is 1.70. The number of rotatable bonds is 3. The van der Waals surface area contributed by atoms with E-state index in [0.717, 1.165) is 5.39 Å². The summed E-state index contributed by atoms with van der Waals surface area (Å²) in [6.07, 6.45) is 1.37. The molecule has 0 saturated carbocycles. The van der Waals surface area contributed by atoms with E-state index < -0.39 is 5.97 Å². The van der Waals surface area contributed by atoms with Crippen LogP contribution in [0.4, 0.5) is 0 Å². The summed E-state index contributed by atoms with van der Waals surface area (Å²) < 4.78 is 5.28. The molecule has 1 N–H and O–H groups in total. The number of fused-ring (bicyclic) bond motifs is 1. The molecule has 0 bridgehead atoms. The van der Waals surface area contributed by atoms with Crippen molar-refractivity contribution < 1.29 is 14.3 Å². The van der Waals surface area contributed by atoms with Gasteiger partial charge in [-0.1, -0.05) is 0 Å². The molecule has 0 aliphatic rings. The van der Waals surface area contributed by atoms with Crippen LogP contribution in [0.15, 0.2) is 39.2 Å². The van der Waals surface area contributed by atoms with Crippen molar-refractivity contribution in [2.45, 2.75) is 17.2 Å². The average Bonchev–Trinajstić information content (AvgIpc) is 2.84. The van der Waals surface area contributed by atoms with Crippen LogP contribution in [-0.2, 0) is 0 Å². The molecule has 2 heterocycles. The summed E-state index contributed by atoms with van der Waals surface area (Å²) >= 11 is 1.21. The fraction of sp³-hybridized carbons (Fsp3) is 0.0833. The van der Waals surface area contributed by atoms with Gasteiger partial charge >= 0.3 is 5.97 Å². The van der Waals surface area contributed by atoms with Gasteiger partial charge in [0, 0.05) is 12.3 Å². The smallest absolute Gasteiger partial charge is 0.335 e. The Morgan fingerprint density at radius 3 is 2.85 bits per heavy atom. The van der Waals surface area contributed by atoms with Crippen LogP contribution in [0.25, 0.3) is 10.9 Å². The zero-order valence-electron chi connectivity index (χ0n) is 10.3. The quantitative estimate of drug-likeness (QED) is 0.731. The van der Waals surface area contributed by atoms with Gasteiger partial charge in [0.05, 0.1) is 11.1 Å². The van der Waals surface area contributed by atoms with E-state index in [4.69, 9.17) is 9.52 Å². The maximum atomic E-state index is 10.9. The van der Waals surface area contributed by atoms with Crippen molar-refractivity contribution in [2.75, 3.05) is 0 Å². The first-order valence-electron chi connectivity index (χ1n) is 5.59. The van der Waals surface area contributed by atoms with Gasteiger partial charge in [0.25, 0.3) is 5.22 Å². The van der Waals surface area contributed by atoms with E-state index in [2.05, 4.69) is 20.2 Å². The minimum atomic E-state index is -0.993. The van der Waals surface area contributed by atoms with Crippen molar-refractivity contribution >= 4 is 28.6 Å². The van der Waals surface area contributed by atoms with Crippen molar-refractivity contribution in [3.63, 3.8) is 0 Å². The first kappa shape index (κ1) is 12.5. The Morgan fingerprint density at radius 2 is 2.15 bits per heavy atom. The Bertz CT molecular complexity index is 802. The number of benzene rings is 1. The van der Waals surface area contributed by atoms with Gasteiger partial charge in [-0.2, -0.15) is 0 Å². The lowest BCUT2D eigenvalue weighted by atomic mass is 10.1. The fourth-order valence-corrected chi connectivity index (χ4v) is 2.44. The van der Waals surface area contributed by atoms with Crippen LogP contribution in [0.5, 0.6) is 0 Å². The molecule has 20 heavy (non-hydrogen) atoms. The van der Waals surface area contributed by atoms with E-state index in [1.54, 1.807) is 13.0 Å². The molecule has 7 nitrogen and oxygen atoms in total. The average molecular weight is 288 g/mol. The van der Waals surface area contributed by atoms with Crippen molar-refractivity contribution in [3.05, 3.63) is 36.0 Å². The molecule has 1 aromatic carbocycles. The number of aromatic nitrogens is 4. The molecule has 100 valence electrons. The lowest BCUT2D eigenvalue weighted by Crippen LogP contribution is -1.96. The SMILES string of the molecule is Cc1nnc(Sc2ncnc3cc(C(=O)O)ccc23)o1. The second kappa shape index (κ2) is 4.89. The first-order chi connectivity index (χ1) is 9.63. The van der Waals surface area contributed by atoms with Crippen LogP contribution >= 0.6 is 11.8 Å². The molecule has 0 spiro atoms. The third-order valence-corrected chi connectivity index (χ3v) is 3.40. The maximum Gasteiger partial charge on any atom is 0.335 e. The molecule has 2 aromatic heterocycles. The summed E-state index contributed by atoms with van der Waals surface area (Å²) in [7, 11) is 0. The largest absolute Gasteiger partial charge is 0.478 e. The minimum absolute atomic E-state index is 0.181. The summed E-state index contributed by atoms with van der Waals surface area (Å²) in [4.78, 5) is 19.2. The monoisotopic (exact) mass is 288 g/mol. The van der Waals surface area contributed by atoms with Crippen LogP contribution in [0.1, 0.15) is 16.2 Å². The Kier molecular flexibility index (Phi) is 3.07. The van der Waals surface area contributed by atoms with Crippen LogP contribution in [-0.4, -0.2) is 31.2 Å². The predicted molar refractivity (Wildman–Crippen MR) is 69.7 cm³/mol. The Labute approximate surface area is 117 Å². The summed E-state index contributed by atoms with van der Waals surface area (Å²) in [5.41, 5.74) is 0.736. The third kappa shape index (κ3) is 2.32. The highest BCUT2D eigenvalue weighted by Crippen LogP contribution is 2.30. The van der Waals surface area contributed by atoms with Crippen LogP contribution in [0.3, 0.4) is 0 Å². The summed E-state index contributed by atoms with van der Waals surface area (Å²) in [5, 5.41) is 18.3. The Morgan fingerprint density at radius 1 is 1.30 bits per heavy atom. The summed E-state index contributed by atoms with van der Waals surface area (Å²) in [5.74, 6) is -0.522. The number of aromatic carboxylic acids is 1. The molecule has 0 saturated heterocycles. The van der Waals surface area contributed by atoms with Gasteiger partial charge in [0.1, 0.15) is 11.4 Å². The standard InChI is InChI=1S/C12H8N4O3S/c1-6-15-16-12(19-6)20-10-8-3-2-7(11(17)18)4-9(8)13-5-14-10/h2-5H,1H3,(H,17,18). The first-order valence-corrected chi connectivity index (χ1v) is 6.41. The molecule has 0 fully saturated rings. The van der Waals surface area contributed by atoms with Crippen molar-refractivity contribution in [2.24, 2.45) is 0 Å². The molecular formula is C12H8N4O3S.